The summed E-state index contributed by atoms with van der Waals surface area (Å²) in [5.74, 6) is -0.280. The van der Waals surface area contributed by atoms with Crippen molar-refractivity contribution in [3.8, 4) is 0 Å². The quantitative estimate of drug-likeness (QED) is 0.896. The fourth-order valence-electron chi connectivity index (χ4n) is 1.80. The zero-order valence-electron chi connectivity index (χ0n) is 10.0. The third kappa shape index (κ3) is 2.71. The molecule has 0 aliphatic heterocycles. The Balaban J connectivity index is 2.37. The Bertz CT molecular complexity index is 570. The number of halogens is 2. The van der Waals surface area contributed by atoms with Crippen LogP contribution in [0.1, 0.15) is 11.1 Å². The molecule has 94 valence electrons. The van der Waals surface area contributed by atoms with Gasteiger partial charge in [-0.25, -0.2) is 4.39 Å². The molecule has 0 aromatic heterocycles. The van der Waals surface area contributed by atoms with Crippen LogP contribution >= 0.6 is 15.9 Å². The van der Waals surface area contributed by atoms with E-state index in [4.69, 9.17) is 5.73 Å². The van der Waals surface area contributed by atoms with E-state index in [9.17, 15) is 4.39 Å². The predicted octanol–water partition coefficient (Wildman–Crippen LogP) is 4.10. The first-order valence-corrected chi connectivity index (χ1v) is 6.41. The Morgan fingerprint density at radius 1 is 1.22 bits per heavy atom. The lowest BCUT2D eigenvalue weighted by molar-refractivity contribution is 0.611. The second kappa shape index (κ2) is 5.50. The summed E-state index contributed by atoms with van der Waals surface area (Å²) in [5.41, 5.74) is 8.81. The molecule has 2 aromatic rings. The van der Waals surface area contributed by atoms with Crippen molar-refractivity contribution in [1.82, 2.24) is 0 Å². The lowest BCUT2D eigenvalue weighted by Crippen LogP contribution is -2.05. The number of nitrogens with one attached hydrogen (secondary N) is 1. The van der Waals surface area contributed by atoms with E-state index >= 15 is 0 Å². The average molecular weight is 309 g/mol. The molecule has 0 fully saturated rings. The van der Waals surface area contributed by atoms with Crippen LogP contribution in [0.2, 0.25) is 0 Å². The summed E-state index contributed by atoms with van der Waals surface area (Å²) in [6, 6.07) is 10.8. The number of rotatable bonds is 3. The van der Waals surface area contributed by atoms with Gasteiger partial charge in [0.25, 0.3) is 0 Å². The van der Waals surface area contributed by atoms with Crippen LogP contribution in [-0.2, 0) is 6.54 Å². The lowest BCUT2D eigenvalue weighted by atomic mass is 10.1. The zero-order chi connectivity index (χ0) is 13.1. The molecule has 3 N–H and O–H groups in total. The summed E-state index contributed by atoms with van der Waals surface area (Å²) in [7, 11) is 0. The summed E-state index contributed by atoms with van der Waals surface area (Å²) in [4.78, 5) is 0. The van der Waals surface area contributed by atoms with Crippen LogP contribution in [0.15, 0.2) is 40.9 Å². The Labute approximate surface area is 114 Å². The number of aryl methyl sites for hydroxylation is 1. The van der Waals surface area contributed by atoms with Gasteiger partial charge in [-0.15, -0.1) is 0 Å². The van der Waals surface area contributed by atoms with Crippen molar-refractivity contribution in [2.45, 2.75) is 13.5 Å². The SMILES string of the molecule is Cc1cc(Br)ccc1Nc1cccc(F)c1CN. The van der Waals surface area contributed by atoms with Gasteiger partial charge >= 0.3 is 0 Å². The van der Waals surface area contributed by atoms with E-state index in [0.717, 1.165) is 15.7 Å². The molecular formula is C14H14BrFN2. The Hall–Kier alpha value is -1.39. The van der Waals surface area contributed by atoms with E-state index in [0.29, 0.717) is 11.3 Å². The molecule has 18 heavy (non-hydrogen) atoms. The van der Waals surface area contributed by atoms with E-state index in [1.807, 2.05) is 31.2 Å². The van der Waals surface area contributed by atoms with Gasteiger partial charge in [0.15, 0.2) is 0 Å². The summed E-state index contributed by atoms with van der Waals surface area (Å²) in [6.45, 7) is 2.17. The molecule has 0 saturated heterocycles. The van der Waals surface area contributed by atoms with Crippen LogP contribution < -0.4 is 11.1 Å². The topological polar surface area (TPSA) is 38.0 Å². The zero-order valence-corrected chi connectivity index (χ0v) is 11.6. The first-order valence-electron chi connectivity index (χ1n) is 5.62. The second-order valence-corrected chi connectivity index (χ2v) is 4.97. The maximum absolute atomic E-state index is 13.6. The van der Waals surface area contributed by atoms with Crippen LogP contribution in [0.25, 0.3) is 0 Å². The third-order valence-electron chi connectivity index (χ3n) is 2.78. The van der Waals surface area contributed by atoms with E-state index in [2.05, 4.69) is 21.2 Å². The van der Waals surface area contributed by atoms with Crippen molar-refractivity contribution in [3.63, 3.8) is 0 Å². The minimum absolute atomic E-state index is 0.171. The number of hydrogen-bond acceptors (Lipinski definition) is 2. The molecule has 0 bridgehead atoms. The smallest absolute Gasteiger partial charge is 0.129 e. The molecule has 0 unspecified atom stereocenters. The van der Waals surface area contributed by atoms with Gasteiger partial charge in [0.2, 0.25) is 0 Å². The number of nitrogens with two attached hydrogens (primary N) is 1. The first kappa shape index (κ1) is 13.1. The van der Waals surface area contributed by atoms with Gasteiger partial charge in [-0.05, 0) is 42.8 Å². The van der Waals surface area contributed by atoms with Crippen LogP contribution in [0.3, 0.4) is 0 Å². The molecule has 0 radical (unpaired) electrons. The highest BCUT2D eigenvalue weighted by Crippen LogP contribution is 2.26. The highest BCUT2D eigenvalue weighted by atomic mass is 79.9. The molecule has 0 spiro atoms. The van der Waals surface area contributed by atoms with E-state index in [1.54, 1.807) is 6.07 Å². The number of benzene rings is 2. The first-order chi connectivity index (χ1) is 8.61. The highest BCUT2D eigenvalue weighted by molar-refractivity contribution is 9.10. The Morgan fingerprint density at radius 2 is 2.00 bits per heavy atom. The van der Waals surface area contributed by atoms with E-state index < -0.39 is 0 Å². The summed E-state index contributed by atoms with van der Waals surface area (Å²) >= 11 is 3.41. The predicted molar refractivity (Wildman–Crippen MR) is 76.5 cm³/mol. The van der Waals surface area contributed by atoms with Crippen LogP contribution in [0.4, 0.5) is 15.8 Å². The monoisotopic (exact) mass is 308 g/mol. The molecule has 0 amide bonds. The van der Waals surface area contributed by atoms with Gasteiger partial charge in [0.1, 0.15) is 5.82 Å². The van der Waals surface area contributed by atoms with Gasteiger partial charge < -0.3 is 11.1 Å². The molecule has 0 heterocycles. The van der Waals surface area contributed by atoms with Crippen LogP contribution in [0, 0.1) is 12.7 Å². The maximum Gasteiger partial charge on any atom is 0.129 e. The van der Waals surface area contributed by atoms with E-state index in [-0.39, 0.29) is 12.4 Å². The lowest BCUT2D eigenvalue weighted by Gasteiger charge is -2.13. The molecule has 0 aliphatic carbocycles. The van der Waals surface area contributed by atoms with Gasteiger partial charge in [0, 0.05) is 28.0 Å². The van der Waals surface area contributed by atoms with Crippen molar-refractivity contribution in [2.24, 2.45) is 5.73 Å². The van der Waals surface area contributed by atoms with Crippen molar-refractivity contribution >= 4 is 27.3 Å². The standard InChI is InChI=1S/C14H14BrFN2/c1-9-7-10(15)5-6-13(9)18-14-4-2-3-12(16)11(14)8-17/h2-7,18H,8,17H2,1H3. The third-order valence-corrected chi connectivity index (χ3v) is 3.27. The summed E-state index contributed by atoms with van der Waals surface area (Å²) in [6.07, 6.45) is 0. The molecule has 0 saturated carbocycles. The molecule has 2 nitrogen and oxygen atoms in total. The molecule has 0 aliphatic rings. The molecular weight excluding hydrogens is 295 g/mol. The van der Waals surface area contributed by atoms with Crippen molar-refractivity contribution in [3.05, 3.63) is 57.8 Å². The molecule has 4 heteroatoms. The summed E-state index contributed by atoms with van der Waals surface area (Å²) in [5, 5.41) is 3.22. The Morgan fingerprint density at radius 3 is 2.67 bits per heavy atom. The molecule has 2 aromatic carbocycles. The minimum atomic E-state index is -0.280. The van der Waals surface area contributed by atoms with Gasteiger partial charge in [-0.1, -0.05) is 22.0 Å². The largest absolute Gasteiger partial charge is 0.355 e. The Kier molecular flexibility index (Phi) is 3.99. The van der Waals surface area contributed by atoms with Crippen molar-refractivity contribution in [1.29, 1.82) is 0 Å². The normalized spacial score (nSPS) is 10.4. The second-order valence-electron chi connectivity index (χ2n) is 4.05. The molecule has 2 rings (SSSR count). The van der Waals surface area contributed by atoms with Crippen molar-refractivity contribution < 1.29 is 4.39 Å². The van der Waals surface area contributed by atoms with Crippen molar-refractivity contribution in [2.75, 3.05) is 5.32 Å². The fourth-order valence-corrected chi connectivity index (χ4v) is 2.27. The highest BCUT2D eigenvalue weighted by Gasteiger charge is 2.07. The maximum atomic E-state index is 13.6. The van der Waals surface area contributed by atoms with Crippen LogP contribution in [0.5, 0.6) is 0 Å². The fraction of sp³-hybridized carbons (Fsp3) is 0.143. The minimum Gasteiger partial charge on any atom is -0.355 e. The molecule has 0 atom stereocenters. The van der Waals surface area contributed by atoms with Gasteiger partial charge in [0.05, 0.1) is 0 Å². The number of hydrogen-bond donors (Lipinski definition) is 2. The van der Waals surface area contributed by atoms with Gasteiger partial charge in [-0.3, -0.25) is 0 Å². The number of anilines is 2. The van der Waals surface area contributed by atoms with Gasteiger partial charge in [-0.2, -0.15) is 0 Å². The van der Waals surface area contributed by atoms with E-state index in [1.165, 1.54) is 6.07 Å². The average Bonchev–Trinajstić information content (AvgIpc) is 2.33. The summed E-state index contributed by atoms with van der Waals surface area (Å²) < 4.78 is 14.6. The van der Waals surface area contributed by atoms with Crippen LogP contribution in [-0.4, -0.2) is 0 Å².